The van der Waals surface area contributed by atoms with Gasteiger partial charge in [-0.05, 0) is 36.3 Å². The van der Waals surface area contributed by atoms with E-state index in [-0.39, 0.29) is 25.4 Å². The van der Waals surface area contributed by atoms with Gasteiger partial charge in [-0.3, -0.25) is 0 Å². The van der Waals surface area contributed by atoms with Gasteiger partial charge < -0.3 is 14.6 Å². The molecule has 0 aliphatic heterocycles. The van der Waals surface area contributed by atoms with Crippen LogP contribution in [0.1, 0.15) is 46.1 Å². The Balaban J connectivity index is 2.53. The summed E-state index contributed by atoms with van der Waals surface area (Å²) in [6.07, 6.45) is 4.39. The molecule has 1 aromatic carbocycles. The Hall–Kier alpha value is -1.16. The average Bonchev–Trinajstić information content (AvgIpc) is 2.55. The first-order chi connectivity index (χ1) is 11.1. The number of benzene rings is 1. The number of aliphatic hydroxyl groups excluding tert-OH is 1. The van der Waals surface area contributed by atoms with Crippen LogP contribution < -0.4 is 0 Å². The minimum Gasteiger partial charge on any atom is -0.396 e. The Morgan fingerprint density at radius 1 is 1.22 bits per heavy atom. The van der Waals surface area contributed by atoms with Gasteiger partial charge >= 0.3 is 0 Å². The van der Waals surface area contributed by atoms with Crippen molar-refractivity contribution < 1.29 is 14.6 Å². The second-order valence-corrected chi connectivity index (χ2v) is 6.38. The van der Waals surface area contributed by atoms with E-state index in [1.165, 1.54) is 5.57 Å². The average molecular weight is 320 g/mol. The summed E-state index contributed by atoms with van der Waals surface area (Å²) in [6.45, 7) is 9.51. The highest BCUT2D eigenvalue weighted by atomic mass is 16.7. The highest BCUT2D eigenvalue weighted by molar-refractivity contribution is 5.13. The van der Waals surface area contributed by atoms with E-state index >= 15 is 0 Å². The van der Waals surface area contributed by atoms with Crippen LogP contribution in [-0.2, 0) is 16.1 Å². The van der Waals surface area contributed by atoms with Crippen molar-refractivity contribution in [2.45, 2.75) is 53.2 Å². The normalized spacial score (nSPS) is 16.1. The predicted molar refractivity (Wildman–Crippen MR) is 95.0 cm³/mol. The second kappa shape index (κ2) is 11.4. The summed E-state index contributed by atoms with van der Waals surface area (Å²) >= 11 is 0. The van der Waals surface area contributed by atoms with Crippen LogP contribution in [0.15, 0.2) is 42.0 Å². The largest absolute Gasteiger partial charge is 0.396 e. The molecule has 0 bridgehead atoms. The molecule has 1 rings (SSSR count). The molecule has 0 fully saturated rings. The Morgan fingerprint density at radius 3 is 2.52 bits per heavy atom. The standard InChI is InChI=1S/C20H32O3/c1-5-9-17(3)20(18(4)12-16(2)13-21)23-15-22-14-19-10-7-6-8-11-19/h6-8,10-12,16-17,20-21H,5,9,13-15H2,1-4H3/b18-12-/t16-,17+,20-/m0/s1. The molecule has 0 heterocycles. The van der Waals surface area contributed by atoms with Gasteiger partial charge in [0.1, 0.15) is 6.79 Å². The number of hydrogen-bond acceptors (Lipinski definition) is 3. The fraction of sp³-hybridized carbons (Fsp3) is 0.600. The van der Waals surface area contributed by atoms with Gasteiger partial charge in [0.05, 0.1) is 12.7 Å². The van der Waals surface area contributed by atoms with Crippen molar-refractivity contribution >= 4 is 0 Å². The van der Waals surface area contributed by atoms with E-state index < -0.39 is 0 Å². The second-order valence-electron chi connectivity index (χ2n) is 6.38. The lowest BCUT2D eigenvalue weighted by molar-refractivity contribution is -0.0991. The number of ether oxygens (including phenoxy) is 2. The third kappa shape index (κ3) is 7.78. The molecule has 130 valence electrons. The van der Waals surface area contributed by atoms with Gasteiger partial charge in [-0.1, -0.05) is 63.6 Å². The van der Waals surface area contributed by atoms with E-state index in [0.717, 1.165) is 18.4 Å². The van der Waals surface area contributed by atoms with E-state index in [4.69, 9.17) is 9.47 Å². The zero-order valence-corrected chi connectivity index (χ0v) is 15.0. The maximum absolute atomic E-state index is 9.24. The van der Waals surface area contributed by atoms with Crippen molar-refractivity contribution in [3.05, 3.63) is 47.5 Å². The first-order valence-corrected chi connectivity index (χ1v) is 8.60. The maximum Gasteiger partial charge on any atom is 0.147 e. The van der Waals surface area contributed by atoms with Crippen molar-refractivity contribution in [3.63, 3.8) is 0 Å². The lowest BCUT2D eigenvalue weighted by Gasteiger charge is -2.26. The summed E-state index contributed by atoms with van der Waals surface area (Å²) in [5.41, 5.74) is 2.33. The molecule has 0 aliphatic carbocycles. The van der Waals surface area contributed by atoms with Gasteiger partial charge in [-0.25, -0.2) is 0 Å². The van der Waals surface area contributed by atoms with E-state index in [1.807, 2.05) is 37.3 Å². The quantitative estimate of drug-likeness (QED) is 0.369. The van der Waals surface area contributed by atoms with Gasteiger partial charge in [-0.15, -0.1) is 0 Å². The molecule has 0 amide bonds. The van der Waals surface area contributed by atoms with Crippen molar-refractivity contribution in [1.82, 2.24) is 0 Å². The molecule has 3 atom stereocenters. The molecule has 0 aliphatic rings. The highest BCUT2D eigenvalue weighted by Gasteiger charge is 2.19. The summed E-state index contributed by atoms with van der Waals surface area (Å²) in [5, 5.41) is 9.24. The van der Waals surface area contributed by atoms with Gasteiger partial charge in [0.2, 0.25) is 0 Å². The number of aliphatic hydroxyl groups is 1. The Morgan fingerprint density at radius 2 is 1.91 bits per heavy atom. The molecular weight excluding hydrogens is 288 g/mol. The van der Waals surface area contributed by atoms with E-state index in [9.17, 15) is 5.11 Å². The lowest BCUT2D eigenvalue weighted by atomic mass is 9.92. The lowest BCUT2D eigenvalue weighted by Crippen LogP contribution is -2.25. The van der Waals surface area contributed by atoms with E-state index in [1.54, 1.807) is 0 Å². The molecule has 1 N–H and O–H groups in total. The molecule has 3 heteroatoms. The van der Waals surface area contributed by atoms with Gasteiger partial charge in [0.25, 0.3) is 0 Å². The van der Waals surface area contributed by atoms with Gasteiger partial charge in [0, 0.05) is 6.61 Å². The smallest absolute Gasteiger partial charge is 0.147 e. The van der Waals surface area contributed by atoms with Crippen LogP contribution in [0.25, 0.3) is 0 Å². The van der Waals surface area contributed by atoms with Crippen LogP contribution in [0.2, 0.25) is 0 Å². The van der Waals surface area contributed by atoms with Crippen molar-refractivity contribution in [1.29, 1.82) is 0 Å². The molecule has 0 spiro atoms. The SMILES string of the molecule is CCC[C@@H](C)[C@H](OCOCc1ccccc1)/C(C)=C\[C@H](C)CO. The first-order valence-electron chi connectivity index (χ1n) is 8.60. The van der Waals surface area contributed by atoms with Crippen LogP contribution in [0.3, 0.4) is 0 Å². The molecule has 0 saturated heterocycles. The van der Waals surface area contributed by atoms with Crippen molar-refractivity contribution in [2.75, 3.05) is 13.4 Å². The Labute approximate surface area is 141 Å². The van der Waals surface area contributed by atoms with Crippen LogP contribution in [0.5, 0.6) is 0 Å². The third-order valence-electron chi connectivity index (χ3n) is 3.99. The molecule has 0 saturated carbocycles. The number of hydrogen-bond donors (Lipinski definition) is 1. The van der Waals surface area contributed by atoms with Crippen molar-refractivity contribution in [2.24, 2.45) is 11.8 Å². The molecule has 0 radical (unpaired) electrons. The zero-order chi connectivity index (χ0) is 17.1. The third-order valence-corrected chi connectivity index (χ3v) is 3.99. The minimum atomic E-state index is 0.0414. The monoisotopic (exact) mass is 320 g/mol. The topological polar surface area (TPSA) is 38.7 Å². The van der Waals surface area contributed by atoms with Crippen LogP contribution in [0.4, 0.5) is 0 Å². The fourth-order valence-electron chi connectivity index (χ4n) is 2.80. The highest BCUT2D eigenvalue weighted by Crippen LogP contribution is 2.22. The summed E-state index contributed by atoms with van der Waals surface area (Å²) in [5.74, 6) is 0.586. The van der Waals surface area contributed by atoms with Gasteiger partial charge in [0.15, 0.2) is 0 Å². The van der Waals surface area contributed by atoms with Gasteiger partial charge in [-0.2, -0.15) is 0 Å². The van der Waals surface area contributed by atoms with Crippen LogP contribution in [-0.4, -0.2) is 24.6 Å². The molecule has 0 aromatic heterocycles. The molecule has 1 aromatic rings. The van der Waals surface area contributed by atoms with Crippen LogP contribution in [0, 0.1) is 11.8 Å². The first kappa shape index (κ1) is 19.9. The molecule has 3 nitrogen and oxygen atoms in total. The maximum atomic E-state index is 9.24. The summed E-state index contributed by atoms with van der Waals surface area (Å²) in [4.78, 5) is 0. The molecule has 23 heavy (non-hydrogen) atoms. The van der Waals surface area contributed by atoms with Crippen molar-refractivity contribution in [3.8, 4) is 0 Å². The summed E-state index contributed by atoms with van der Waals surface area (Å²) < 4.78 is 11.7. The summed E-state index contributed by atoms with van der Waals surface area (Å²) in [6, 6.07) is 10.1. The van der Waals surface area contributed by atoms with Crippen LogP contribution >= 0.6 is 0 Å². The van der Waals surface area contributed by atoms with E-state index in [2.05, 4.69) is 26.8 Å². The molecular formula is C20H32O3. The minimum absolute atomic E-state index is 0.0414. The molecule has 0 unspecified atom stereocenters. The Bertz CT molecular complexity index is 441. The summed E-state index contributed by atoms with van der Waals surface area (Å²) in [7, 11) is 0. The predicted octanol–water partition coefficient (Wildman–Crippen LogP) is 4.56. The zero-order valence-electron chi connectivity index (χ0n) is 15.0. The fourth-order valence-corrected chi connectivity index (χ4v) is 2.80. The Kier molecular flexibility index (Phi) is 9.85. The number of rotatable bonds is 11. The van der Waals surface area contributed by atoms with E-state index in [0.29, 0.717) is 12.5 Å².